The second kappa shape index (κ2) is 7.95. The molecule has 1 aliphatic rings. The van der Waals surface area contributed by atoms with E-state index < -0.39 is 0 Å². The molecule has 4 rings (SSSR count). The minimum absolute atomic E-state index is 0.0492. The van der Waals surface area contributed by atoms with Crippen molar-refractivity contribution < 1.29 is 14.3 Å². The number of amides is 1. The van der Waals surface area contributed by atoms with Crippen molar-refractivity contribution in [2.75, 3.05) is 20.2 Å². The van der Waals surface area contributed by atoms with Gasteiger partial charge in [-0.05, 0) is 49.2 Å². The third kappa shape index (κ3) is 3.94. The van der Waals surface area contributed by atoms with Crippen molar-refractivity contribution >= 4 is 17.2 Å². The number of carbonyl (C=O) groups is 2. The van der Waals surface area contributed by atoms with Gasteiger partial charge in [0.1, 0.15) is 11.3 Å². The molecule has 1 aliphatic heterocycles. The van der Waals surface area contributed by atoms with Crippen LogP contribution in [-0.2, 0) is 11.2 Å². The number of nitrogens with one attached hydrogen (secondary N) is 1. The number of hydrogen-bond acceptors (Lipinski definition) is 4. The van der Waals surface area contributed by atoms with Gasteiger partial charge in [0.25, 0.3) is 5.56 Å². The summed E-state index contributed by atoms with van der Waals surface area (Å²) in [5.41, 5.74) is 1.94. The average Bonchev–Trinajstić information content (AvgIpc) is 3.16. The van der Waals surface area contributed by atoms with Crippen LogP contribution in [0.2, 0.25) is 0 Å². The molecule has 1 aromatic carbocycles. The molecule has 0 bridgehead atoms. The molecule has 1 amide bonds. The number of ketones is 1. The summed E-state index contributed by atoms with van der Waals surface area (Å²) in [5.74, 6) is 0.687. The molecule has 0 aliphatic carbocycles. The number of benzene rings is 1. The first-order valence-corrected chi connectivity index (χ1v) is 9.70. The van der Waals surface area contributed by atoms with Gasteiger partial charge in [-0.1, -0.05) is 0 Å². The molecular weight excluding hydrogens is 370 g/mol. The average molecular weight is 393 g/mol. The third-order valence-corrected chi connectivity index (χ3v) is 5.40. The Morgan fingerprint density at radius 1 is 1.17 bits per heavy atom. The molecule has 3 heterocycles. The number of fused-ring (bicyclic) bond motifs is 1. The van der Waals surface area contributed by atoms with Gasteiger partial charge in [0, 0.05) is 43.2 Å². The smallest absolute Gasteiger partial charge is 0.272 e. The highest BCUT2D eigenvalue weighted by Crippen LogP contribution is 2.23. The first kappa shape index (κ1) is 19.0. The Labute approximate surface area is 167 Å². The lowest BCUT2D eigenvalue weighted by Gasteiger charge is -2.38. The zero-order valence-corrected chi connectivity index (χ0v) is 16.3. The molecule has 1 N–H and O–H groups in total. The van der Waals surface area contributed by atoms with Crippen molar-refractivity contribution in [1.82, 2.24) is 14.3 Å². The van der Waals surface area contributed by atoms with E-state index in [0.717, 1.165) is 5.69 Å². The normalized spacial score (nSPS) is 14.0. The molecule has 150 valence electrons. The number of hydrogen-bond donors (Lipinski definition) is 1. The maximum absolute atomic E-state index is 12.5. The van der Waals surface area contributed by atoms with Crippen molar-refractivity contribution in [1.29, 1.82) is 0 Å². The highest BCUT2D eigenvalue weighted by atomic mass is 16.5. The van der Waals surface area contributed by atoms with Crippen LogP contribution in [0.4, 0.5) is 0 Å². The van der Waals surface area contributed by atoms with Crippen molar-refractivity contribution in [3.8, 4) is 5.75 Å². The van der Waals surface area contributed by atoms with Gasteiger partial charge in [-0.15, -0.1) is 0 Å². The van der Waals surface area contributed by atoms with Gasteiger partial charge >= 0.3 is 0 Å². The quantitative estimate of drug-likeness (QED) is 0.625. The van der Waals surface area contributed by atoms with Crippen LogP contribution in [0.25, 0.3) is 5.52 Å². The molecule has 7 heteroatoms. The summed E-state index contributed by atoms with van der Waals surface area (Å²) < 4.78 is 6.90. The molecule has 1 fully saturated rings. The minimum atomic E-state index is -0.139. The highest BCUT2D eigenvalue weighted by molar-refractivity contribution is 5.99. The van der Waals surface area contributed by atoms with Crippen molar-refractivity contribution in [2.45, 2.75) is 19.3 Å². The fourth-order valence-corrected chi connectivity index (χ4v) is 3.66. The molecule has 3 aromatic rings. The first-order chi connectivity index (χ1) is 14.0. The Hall–Kier alpha value is -3.35. The van der Waals surface area contributed by atoms with Gasteiger partial charge in [0.05, 0.1) is 13.0 Å². The molecule has 2 aromatic heterocycles. The van der Waals surface area contributed by atoms with E-state index in [-0.39, 0.29) is 23.2 Å². The minimum Gasteiger partial charge on any atom is -0.497 e. The fraction of sp³-hybridized carbons (Fsp3) is 0.318. The van der Waals surface area contributed by atoms with E-state index in [2.05, 4.69) is 4.98 Å². The molecule has 0 atom stereocenters. The summed E-state index contributed by atoms with van der Waals surface area (Å²) >= 11 is 0. The van der Waals surface area contributed by atoms with E-state index in [1.807, 2.05) is 18.5 Å². The Balaban J connectivity index is 1.25. The first-order valence-electron chi connectivity index (χ1n) is 9.70. The number of likely N-dealkylation sites (tertiary alicyclic amines) is 1. The van der Waals surface area contributed by atoms with Crippen LogP contribution in [0.3, 0.4) is 0 Å². The lowest BCUT2D eigenvalue weighted by atomic mass is 9.90. The van der Waals surface area contributed by atoms with E-state index in [9.17, 15) is 14.4 Å². The Kier molecular flexibility index (Phi) is 5.20. The van der Waals surface area contributed by atoms with Gasteiger partial charge in [0.15, 0.2) is 5.78 Å². The second-order valence-electron chi connectivity index (χ2n) is 7.35. The molecule has 7 nitrogen and oxygen atoms in total. The number of Topliss-reactive ketones (excluding diaryl/α,β-unsaturated/α-hetero) is 1. The molecule has 0 radical (unpaired) electrons. The van der Waals surface area contributed by atoms with E-state index in [0.29, 0.717) is 49.2 Å². The summed E-state index contributed by atoms with van der Waals surface area (Å²) in [4.78, 5) is 41.4. The maximum Gasteiger partial charge on any atom is 0.272 e. The molecule has 29 heavy (non-hydrogen) atoms. The topological polar surface area (TPSA) is 83.9 Å². The predicted molar refractivity (Wildman–Crippen MR) is 108 cm³/mol. The predicted octanol–water partition coefficient (Wildman–Crippen LogP) is 2.30. The Morgan fingerprint density at radius 2 is 1.93 bits per heavy atom. The zero-order valence-electron chi connectivity index (χ0n) is 16.3. The third-order valence-electron chi connectivity index (χ3n) is 5.40. The van der Waals surface area contributed by atoms with Crippen LogP contribution < -0.4 is 10.3 Å². The summed E-state index contributed by atoms with van der Waals surface area (Å²) in [7, 11) is 1.59. The summed E-state index contributed by atoms with van der Waals surface area (Å²) in [5, 5.41) is 0. The monoisotopic (exact) mass is 393 g/mol. The van der Waals surface area contributed by atoms with Crippen molar-refractivity contribution in [2.24, 2.45) is 5.92 Å². The number of rotatable bonds is 7. The number of nitrogens with zero attached hydrogens (tertiary/aromatic N) is 2. The standard InChI is InChI=1S/C22H23N3O4/c1-29-18-9-7-15(8-10-18)21(27)16-12-25(13-16)20(26)6-2-4-17-14-24-11-3-5-19(24)22(28)23-17/h3,5,7-11,14,16H,2,4,6,12-13H2,1H3,(H,23,28). The van der Waals surface area contributed by atoms with Gasteiger partial charge in [-0.25, -0.2) is 0 Å². The molecule has 0 spiro atoms. The number of ether oxygens (including phenoxy) is 1. The van der Waals surface area contributed by atoms with Crippen LogP contribution in [-0.4, -0.2) is 46.2 Å². The number of H-pyrrole nitrogens is 1. The lowest BCUT2D eigenvalue weighted by Crippen LogP contribution is -2.53. The maximum atomic E-state index is 12.5. The fourth-order valence-electron chi connectivity index (χ4n) is 3.66. The van der Waals surface area contributed by atoms with Crippen molar-refractivity contribution in [3.63, 3.8) is 0 Å². The van der Waals surface area contributed by atoms with E-state index in [1.54, 1.807) is 46.7 Å². The molecule has 1 saturated heterocycles. The SMILES string of the molecule is COc1ccc(C(=O)C2CN(C(=O)CCCc3cn4cccc4c(=O)[nH]3)C2)cc1. The van der Waals surface area contributed by atoms with Crippen LogP contribution in [0, 0.1) is 5.92 Å². The molecule has 0 saturated carbocycles. The van der Waals surface area contributed by atoms with Gasteiger partial charge in [0.2, 0.25) is 5.91 Å². The van der Waals surface area contributed by atoms with Crippen LogP contribution in [0.1, 0.15) is 28.9 Å². The zero-order chi connectivity index (χ0) is 20.4. The Morgan fingerprint density at radius 3 is 2.66 bits per heavy atom. The van der Waals surface area contributed by atoms with Crippen LogP contribution in [0.5, 0.6) is 5.75 Å². The van der Waals surface area contributed by atoms with Gasteiger partial charge < -0.3 is 19.0 Å². The summed E-state index contributed by atoms with van der Waals surface area (Å²) in [6.45, 7) is 0.936. The number of aromatic amines is 1. The number of aromatic nitrogens is 2. The largest absolute Gasteiger partial charge is 0.497 e. The summed E-state index contributed by atoms with van der Waals surface area (Å²) in [6.07, 6.45) is 5.38. The van der Waals surface area contributed by atoms with Crippen LogP contribution >= 0.6 is 0 Å². The van der Waals surface area contributed by atoms with Gasteiger partial charge in [-0.2, -0.15) is 0 Å². The number of methoxy groups -OCH3 is 1. The van der Waals surface area contributed by atoms with E-state index in [1.165, 1.54) is 0 Å². The molecular formula is C22H23N3O4. The second-order valence-corrected chi connectivity index (χ2v) is 7.35. The van der Waals surface area contributed by atoms with Crippen LogP contribution in [0.15, 0.2) is 53.6 Å². The number of aryl methyl sites for hydroxylation is 1. The van der Waals surface area contributed by atoms with E-state index >= 15 is 0 Å². The van der Waals surface area contributed by atoms with E-state index in [4.69, 9.17) is 4.74 Å². The van der Waals surface area contributed by atoms with Crippen molar-refractivity contribution in [3.05, 3.63) is 70.4 Å². The highest BCUT2D eigenvalue weighted by Gasteiger charge is 2.35. The Bertz CT molecular complexity index is 1090. The number of carbonyl (C=O) groups excluding carboxylic acids is 2. The molecule has 0 unspecified atom stereocenters. The lowest BCUT2D eigenvalue weighted by molar-refractivity contribution is -0.136. The summed E-state index contributed by atoms with van der Waals surface area (Å²) in [6, 6.07) is 10.6. The van der Waals surface area contributed by atoms with Gasteiger partial charge in [-0.3, -0.25) is 14.4 Å².